The molecule has 6 nitrogen and oxygen atoms in total. The Morgan fingerprint density at radius 2 is 1.86 bits per heavy atom. The summed E-state index contributed by atoms with van der Waals surface area (Å²) in [6.45, 7) is 2.55. The van der Waals surface area contributed by atoms with Crippen LogP contribution in [0.5, 0.6) is 11.5 Å². The van der Waals surface area contributed by atoms with Crippen LogP contribution in [0.2, 0.25) is 5.15 Å². The zero-order valence-corrected chi connectivity index (χ0v) is 16.8. The molecule has 0 aliphatic rings. The molecule has 0 aliphatic heterocycles. The van der Waals surface area contributed by atoms with Gasteiger partial charge in [-0.3, -0.25) is 4.79 Å². The quantitative estimate of drug-likeness (QED) is 0.655. The molecule has 3 aromatic rings. The highest BCUT2D eigenvalue weighted by Crippen LogP contribution is 2.30. The molecule has 1 aromatic heterocycles. The van der Waals surface area contributed by atoms with Crippen molar-refractivity contribution in [2.45, 2.75) is 20.0 Å². The van der Waals surface area contributed by atoms with E-state index >= 15 is 0 Å². The summed E-state index contributed by atoms with van der Waals surface area (Å²) in [5.74, 6) is 0.915. The van der Waals surface area contributed by atoms with Crippen LogP contribution in [0.3, 0.4) is 0 Å². The first-order valence-corrected chi connectivity index (χ1v) is 9.17. The van der Waals surface area contributed by atoms with Crippen molar-refractivity contribution in [1.82, 2.24) is 15.1 Å². The van der Waals surface area contributed by atoms with Gasteiger partial charge >= 0.3 is 0 Å². The number of ether oxygens (including phenoxy) is 2. The lowest BCUT2D eigenvalue weighted by molar-refractivity contribution is 0.0950. The molecule has 0 bridgehead atoms. The minimum Gasteiger partial charge on any atom is -0.493 e. The summed E-state index contributed by atoms with van der Waals surface area (Å²) in [5, 5.41) is 7.63. The van der Waals surface area contributed by atoms with Gasteiger partial charge in [0.2, 0.25) is 0 Å². The van der Waals surface area contributed by atoms with E-state index in [0.29, 0.717) is 34.5 Å². The summed E-state index contributed by atoms with van der Waals surface area (Å²) >= 11 is 6.46. The van der Waals surface area contributed by atoms with Crippen molar-refractivity contribution in [2.75, 3.05) is 14.2 Å². The lowest BCUT2D eigenvalue weighted by Crippen LogP contribution is -2.24. The van der Waals surface area contributed by atoms with E-state index in [9.17, 15) is 4.79 Å². The molecule has 28 heavy (non-hydrogen) atoms. The van der Waals surface area contributed by atoms with Crippen molar-refractivity contribution in [3.05, 3.63) is 76.1 Å². The van der Waals surface area contributed by atoms with Gasteiger partial charge in [0.05, 0.1) is 32.0 Å². The third-order valence-corrected chi connectivity index (χ3v) is 4.78. The molecule has 0 spiro atoms. The van der Waals surface area contributed by atoms with Gasteiger partial charge in [-0.15, -0.1) is 0 Å². The topological polar surface area (TPSA) is 65.4 Å². The van der Waals surface area contributed by atoms with Crippen LogP contribution in [0.1, 0.15) is 27.2 Å². The van der Waals surface area contributed by atoms with Gasteiger partial charge in [-0.2, -0.15) is 5.10 Å². The molecule has 0 unspecified atom stereocenters. The molecule has 0 saturated carbocycles. The summed E-state index contributed by atoms with van der Waals surface area (Å²) in [7, 11) is 3.14. The average molecular weight is 400 g/mol. The van der Waals surface area contributed by atoms with E-state index in [4.69, 9.17) is 21.1 Å². The van der Waals surface area contributed by atoms with Crippen molar-refractivity contribution in [1.29, 1.82) is 0 Å². The zero-order valence-electron chi connectivity index (χ0n) is 16.0. The number of benzene rings is 2. The van der Waals surface area contributed by atoms with E-state index in [2.05, 4.69) is 10.4 Å². The maximum atomic E-state index is 12.8. The van der Waals surface area contributed by atoms with Crippen molar-refractivity contribution in [2.24, 2.45) is 0 Å². The maximum Gasteiger partial charge on any atom is 0.256 e. The largest absolute Gasteiger partial charge is 0.493 e. The fourth-order valence-corrected chi connectivity index (χ4v) is 3.35. The minimum absolute atomic E-state index is 0.277. The van der Waals surface area contributed by atoms with E-state index in [0.717, 1.165) is 11.1 Å². The van der Waals surface area contributed by atoms with Gasteiger partial charge in [0, 0.05) is 12.1 Å². The molecule has 1 heterocycles. The second kappa shape index (κ2) is 8.80. The fraction of sp³-hybridized carbons (Fsp3) is 0.238. The number of halogens is 1. The number of nitrogens with zero attached hydrogens (tertiary/aromatic N) is 2. The first kappa shape index (κ1) is 19.8. The summed E-state index contributed by atoms with van der Waals surface area (Å²) < 4.78 is 12.3. The Kier molecular flexibility index (Phi) is 6.21. The van der Waals surface area contributed by atoms with Gasteiger partial charge in [-0.05, 0) is 18.6 Å². The maximum absolute atomic E-state index is 12.8. The summed E-state index contributed by atoms with van der Waals surface area (Å²) in [5.41, 5.74) is 2.82. The predicted molar refractivity (Wildman–Crippen MR) is 108 cm³/mol. The zero-order chi connectivity index (χ0) is 20.1. The van der Waals surface area contributed by atoms with Gasteiger partial charge < -0.3 is 14.8 Å². The minimum atomic E-state index is -0.285. The number of aryl methyl sites for hydroxylation is 1. The van der Waals surface area contributed by atoms with Crippen LogP contribution >= 0.6 is 11.6 Å². The molecule has 2 aromatic carbocycles. The van der Waals surface area contributed by atoms with Crippen LogP contribution in [-0.4, -0.2) is 29.9 Å². The molecule has 146 valence electrons. The van der Waals surface area contributed by atoms with E-state index in [1.165, 1.54) is 0 Å². The van der Waals surface area contributed by atoms with E-state index < -0.39 is 0 Å². The molecular weight excluding hydrogens is 378 g/mol. The predicted octanol–water partition coefficient (Wildman–Crippen LogP) is 3.84. The molecular formula is C21H22ClN3O3. The van der Waals surface area contributed by atoms with Gasteiger partial charge in [0.1, 0.15) is 5.15 Å². The van der Waals surface area contributed by atoms with Crippen LogP contribution in [-0.2, 0) is 13.1 Å². The number of para-hydroxylation sites is 1. The standard InChI is InChI=1S/C21H22ClN3O3/c1-14-18(20(22)25(24-14)13-15-8-5-4-6-9-15)21(26)23-12-16-10-7-11-17(27-2)19(16)28-3/h4-11H,12-13H2,1-3H3,(H,23,26). The average Bonchev–Trinajstić information content (AvgIpc) is 2.99. The number of nitrogens with one attached hydrogen (secondary N) is 1. The van der Waals surface area contributed by atoms with Crippen LogP contribution < -0.4 is 14.8 Å². The molecule has 0 radical (unpaired) electrons. The number of carbonyl (C=O) groups is 1. The van der Waals surface area contributed by atoms with Crippen LogP contribution in [0, 0.1) is 6.92 Å². The van der Waals surface area contributed by atoms with E-state index in [-0.39, 0.29) is 12.5 Å². The van der Waals surface area contributed by atoms with Gasteiger partial charge in [0.15, 0.2) is 11.5 Å². The molecule has 1 N–H and O–H groups in total. The molecule has 0 aliphatic carbocycles. The summed E-state index contributed by atoms with van der Waals surface area (Å²) in [4.78, 5) is 12.8. The number of carbonyl (C=O) groups excluding carboxylic acids is 1. The third kappa shape index (κ3) is 4.12. The Hall–Kier alpha value is -2.99. The normalized spacial score (nSPS) is 10.6. The first-order chi connectivity index (χ1) is 13.5. The highest BCUT2D eigenvalue weighted by atomic mass is 35.5. The van der Waals surface area contributed by atoms with E-state index in [1.54, 1.807) is 31.9 Å². The Morgan fingerprint density at radius 1 is 1.11 bits per heavy atom. The second-order valence-electron chi connectivity index (χ2n) is 6.23. The fourth-order valence-electron chi connectivity index (χ4n) is 3.03. The first-order valence-electron chi connectivity index (χ1n) is 8.80. The van der Waals surface area contributed by atoms with Crippen LogP contribution in [0.15, 0.2) is 48.5 Å². The summed E-state index contributed by atoms with van der Waals surface area (Å²) in [6, 6.07) is 15.4. The highest BCUT2D eigenvalue weighted by Gasteiger charge is 2.21. The molecule has 1 amide bonds. The number of rotatable bonds is 7. The monoisotopic (exact) mass is 399 g/mol. The highest BCUT2D eigenvalue weighted by molar-refractivity contribution is 6.33. The molecule has 0 atom stereocenters. The van der Waals surface area contributed by atoms with Crippen LogP contribution in [0.25, 0.3) is 0 Å². The number of aromatic nitrogens is 2. The van der Waals surface area contributed by atoms with E-state index in [1.807, 2.05) is 42.5 Å². The Balaban J connectivity index is 1.77. The lowest BCUT2D eigenvalue weighted by Gasteiger charge is -2.13. The van der Waals surface area contributed by atoms with Crippen molar-refractivity contribution in [3.8, 4) is 11.5 Å². The second-order valence-corrected chi connectivity index (χ2v) is 6.59. The molecule has 3 rings (SSSR count). The van der Waals surface area contributed by atoms with Crippen molar-refractivity contribution < 1.29 is 14.3 Å². The SMILES string of the molecule is COc1cccc(CNC(=O)c2c(C)nn(Cc3ccccc3)c2Cl)c1OC. The van der Waals surface area contributed by atoms with Crippen molar-refractivity contribution in [3.63, 3.8) is 0 Å². The number of methoxy groups -OCH3 is 2. The summed E-state index contributed by atoms with van der Waals surface area (Å²) in [6.07, 6.45) is 0. The van der Waals surface area contributed by atoms with Crippen LogP contribution in [0.4, 0.5) is 0 Å². The Labute approximate surface area is 169 Å². The smallest absolute Gasteiger partial charge is 0.256 e. The molecule has 0 saturated heterocycles. The molecule has 7 heteroatoms. The van der Waals surface area contributed by atoms with Gasteiger partial charge in [-0.1, -0.05) is 54.1 Å². The number of hydrogen-bond acceptors (Lipinski definition) is 4. The van der Waals surface area contributed by atoms with Crippen molar-refractivity contribution >= 4 is 17.5 Å². The number of amides is 1. The number of hydrogen-bond donors (Lipinski definition) is 1. The Bertz CT molecular complexity index is 971. The Morgan fingerprint density at radius 3 is 2.54 bits per heavy atom. The third-order valence-electron chi connectivity index (χ3n) is 4.39. The van der Waals surface area contributed by atoms with Gasteiger partial charge in [0.25, 0.3) is 5.91 Å². The lowest BCUT2D eigenvalue weighted by atomic mass is 10.1. The van der Waals surface area contributed by atoms with Gasteiger partial charge in [-0.25, -0.2) is 4.68 Å². The molecule has 0 fully saturated rings.